The number of imide groups is 1. The number of nitrogens with zero attached hydrogens (tertiary/aromatic N) is 1. The van der Waals surface area contributed by atoms with Gasteiger partial charge in [0.05, 0.1) is 17.9 Å². The Morgan fingerprint density at radius 1 is 1.32 bits per heavy atom. The van der Waals surface area contributed by atoms with Crippen LogP contribution < -0.4 is 10.6 Å². The molecule has 0 aliphatic heterocycles. The molecule has 3 amide bonds. The van der Waals surface area contributed by atoms with Crippen LogP contribution in [0.3, 0.4) is 0 Å². The summed E-state index contributed by atoms with van der Waals surface area (Å²) in [5, 5.41) is 8.95. The fourth-order valence-electron chi connectivity index (χ4n) is 2.69. The second-order valence-electron chi connectivity index (χ2n) is 5.52. The van der Waals surface area contributed by atoms with E-state index in [0.29, 0.717) is 16.3 Å². The second kappa shape index (κ2) is 7.06. The van der Waals surface area contributed by atoms with Gasteiger partial charge in [-0.05, 0) is 38.7 Å². The number of carbonyl (C=O) groups excluding carboxylic acids is 3. The first kappa shape index (κ1) is 17.2. The monoisotopic (exact) mass is 363 g/mol. The first-order valence-electron chi connectivity index (χ1n) is 7.87. The number of nitrogens with one attached hydrogen (secondary N) is 2. The Hall–Kier alpha value is -2.68. The van der Waals surface area contributed by atoms with E-state index in [0.717, 1.165) is 29.7 Å². The molecule has 2 N–H and O–H groups in total. The lowest BCUT2D eigenvalue weighted by atomic mass is 10.1. The number of aryl methyl sites for hydroxylation is 2. The van der Waals surface area contributed by atoms with Crippen molar-refractivity contribution in [1.82, 2.24) is 10.5 Å². The predicted molar refractivity (Wildman–Crippen MR) is 90.0 cm³/mol. The predicted octanol–water partition coefficient (Wildman–Crippen LogP) is 2.67. The Bertz CT molecular complexity index is 839. The van der Waals surface area contributed by atoms with Gasteiger partial charge >= 0.3 is 6.09 Å². The molecule has 25 heavy (non-hydrogen) atoms. The number of amides is 3. The summed E-state index contributed by atoms with van der Waals surface area (Å²) >= 11 is 1.34. The van der Waals surface area contributed by atoms with Gasteiger partial charge in [0.15, 0.2) is 0 Å². The van der Waals surface area contributed by atoms with Crippen LogP contribution in [-0.4, -0.2) is 29.7 Å². The molecule has 0 aromatic carbocycles. The molecule has 9 heteroatoms. The van der Waals surface area contributed by atoms with Crippen LogP contribution in [0.5, 0.6) is 0 Å². The molecule has 0 unspecified atom stereocenters. The molecule has 0 saturated heterocycles. The van der Waals surface area contributed by atoms with E-state index in [1.165, 1.54) is 17.4 Å². The van der Waals surface area contributed by atoms with Gasteiger partial charge in [0.1, 0.15) is 5.00 Å². The fourth-order valence-corrected chi connectivity index (χ4v) is 3.97. The molecule has 0 spiro atoms. The van der Waals surface area contributed by atoms with Crippen LogP contribution in [0.1, 0.15) is 50.4 Å². The third-order valence-corrected chi connectivity index (χ3v) is 4.93. The van der Waals surface area contributed by atoms with Crippen LogP contribution in [0.25, 0.3) is 0 Å². The summed E-state index contributed by atoms with van der Waals surface area (Å²) in [6.45, 7) is 3.52. The van der Waals surface area contributed by atoms with Crippen LogP contribution in [0.4, 0.5) is 9.80 Å². The van der Waals surface area contributed by atoms with Crippen LogP contribution in [0.15, 0.2) is 10.6 Å². The maximum Gasteiger partial charge on any atom is 0.414 e. The molecule has 2 aromatic heterocycles. The van der Waals surface area contributed by atoms with Crippen molar-refractivity contribution in [2.24, 2.45) is 0 Å². The van der Waals surface area contributed by atoms with Gasteiger partial charge in [-0.15, -0.1) is 11.3 Å². The average Bonchev–Trinajstić information content (AvgIpc) is 3.22. The molecule has 132 valence electrons. The molecule has 1 aliphatic rings. The zero-order valence-electron chi connectivity index (χ0n) is 13.8. The van der Waals surface area contributed by atoms with Crippen molar-refractivity contribution in [1.29, 1.82) is 0 Å². The molecule has 8 nitrogen and oxygen atoms in total. The topological polar surface area (TPSA) is 111 Å². The molecule has 0 bridgehead atoms. The van der Waals surface area contributed by atoms with Crippen molar-refractivity contribution in [3.05, 3.63) is 33.5 Å². The largest absolute Gasteiger partial charge is 0.450 e. The Morgan fingerprint density at radius 3 is 2.80 bits per heavy atom. The number of anilines is 1. The molecular formula is C16H17N3O5S. The Balaban J connectivity index is 1.85. The van der Waals surface area contributed by atoms with Crippen molar-refractivity contribution >= 4 is 34.2 Å². The number of alkyl carbamates (subject to hydrolysis) is 1. The van der Waals surface area contributed by atoms with E-state index in [-0.39, 0.29) is 12.4 Å². The molecule has 0 atom stereocenters. The highest BCUT2D eigenvalue weighted by molar-refractivity contribution is 7.17. The number of ether oxygens (including phenoxy) is 1. The molecule has 3 rings (SSSR count). The van der Waals surface area contributed by atoms with Gasteiger partial charge in [-0.1, -0.05) is 5.16 Å². The van der Waals surface area contributed by atoms with Gasteiger partial charge in [0, 0.05) is 10.9 Å². The van der Waals surface area contributed by atoms with E-state index < -0.39 is 17.9 Å². The Kier molecular flexibility index (Phi) is 4.84. The summed E-state index contributed by atoms with van der Waals surface area (Å²) in [5.74, 6) is -1.02. The van der Waals surface area contributed by atoms with Gasteiger partial charge in [-0.3, -0.25) is 14.9 Å². The Labute approximate surface area is 147 Å². The fraction of sp³-hybridized carbons (Fsp3) is 0.375. The number of fused-ring (bicyclic) bond motifs is 1. The summed E-state index contributed by atoms with van der Waals surface area (Å²) in [5.41, 5.74) is 1.77. The van der Waals surface area contributed by atoms with Crippen LogP contribution >= 0.6 is 11.3 Å². The van der Waals surface area contributed by atoms with Crippen molar-refractivity contribution < 1.29 is 23.6 Å². The van der Waals surface area contributed by atoms with E-state index in [1.54, 1.807) is 13.8 Å². The average molecular weight is 363 g/mol. The summed E-state index contributed by atoms with van der Waals surface area (Å²) in [6.07, 6.45) is 1.70. The number of hydrogen-bond acceptors (Lipinski definition) is 7. The quantitative estimate of drug-likeness (QED) is 0.864. The van der Waals surface area contributed by atoms with Gasteiger partial charge in [0.25, 0.3) is 11.8 Å². The normalized spacial score (nSPS) is 12.6. The number of carbonyl (C=O) groups is 3. The lowest BCUT2D eigenvalue weighted by Gasteiger charge is -2.08. The standard InChI is InChI=1S/C16H17N3O5S/c1-3-23-16(22)18-14(21)12-9-5-4-6-11(9)25-15(12)17-13(20)10-7-8(2)19-24-10/h7H,3-6H2,1-2H3,(H,17,20)(H,18,21,22). The minimum Gasteiger partial charge on any atom is -0.450 e. The first-order valence-corrected chi connectivity index (χ1v) is 8.68. The van der Waals surface area contributed by atoms with E-state index in [4.69, 9.17) is 9.26 Å². The maximum absolute atomic E-state index is 12.5. The summed E-state index contributed by atoms with van der Waals surface area (Å²) < 4.78 is 9.69. The summed E-state index contributed by atoms with van der Waals surface area (Å²) in [4.78, 5) is 37.4. The smallest absolute Gasteiger partial charge is 0.414 e. The van der Waals surface area contributed by atoms with Gasteiger partial charge in [-0.2, -0.15) is 0 Å². The lowest BCUT2D eigenvalue weighted by molar-refractivity contribution is 0.0925. The molecule has 2 aromatic rings. The Morgan fingerprint density at radius 2 is 2.12 bits per heavy atom. The molecular weight excluding hydrogens is 346 g/mol. The summed E-state index contributed by atoms with van der Waals surface area (Å²) in [6, 6.07) is 1.51. The molecule has 0 radical (unpaired) electrons. The third-order valence-electron chi connectivity index (χ3n) is 3.72. The van der Waals surface area contributed by atoms with Crippen molar-refractivity contribution in [2.45, 2.75) is 33.1 Å². The zero-order valence-corrected chi connectivity index (χ0v) is 14.6. The first-order chi connectivity index (χ1) is 12.0. The van der Waals surface area contributed by atoms with Gasteiger partial charge < -0.3 is 14.6 Å². The number of thiophene rings is 1. The molecule has 2 heterocycles. The van der Waals surface area contributed by atoms with Crippen molar-refractivity contribution in [3.8, 4) is 0 Å². The minimum atomic E-state index is -0.811. The number of aromatic nitrogens is 1. The van der Waals surface area contributed by atoms with E-state index in [9.17, 15) is 14.4 Å². The highest BCUT2D eigenvalue weighted by Crippen LogP contribution is 2.39. The summed E-state index contributed by atoms with van der Waals surface area (Å²) in [7, 11) is 0. The van der Waals surface area contributed by atoms with E-state index in [2.05, 4.69) is 15.8 Å². The SMILES string of the molecule is CCOC(=O)NC(=O)c1c(NC(=O)c2cc(C)no2)sc2c1CCC2. The molecule has 0 fully saturated rings. The maximum atomic E-state index is 12.5. The van der Waals surface area contributed by atoms with Crippen LogP contribution in [0, 0.1) is 6.92 Å². The lowest BCUT2D eigenvalue weighted by Crippen LogP contribution is -2.32. The van der Waals surface area contributed by atoms with Gasteiger partial charge in [0.2, 0.25) is 5.76 Å². The number of hydrogen-bond donors (Lipinski definition) is 2. The van der Waals surface area contributed by atoms with Crippen molar-refractivity contribution in [3.63, 3.8) is 0 Å². The molecule has 1 aliphatic carbocycles. The highest BCUT2D eigenvalue weighted by atomic mass is 32.1. The van der Waals surface area contributed by atoms with E-state index in [1.807, 2.05) is 0 Å². The van der Waals surface area contributed by atoms with Crippen molar-refractivity contribution in [2.75, 3.05) is 11.9 Å². The highest BCUT2D eigenvalue weighted by Gasteiger charge is 2.29. The zero-order chi connectivity index (χ0) is 18.0. The van der Waals surface area contributed by atoms with Crippen LogP contribution in [-0.2, 0) is 17.6 Å². The third kappa shape index (κ3) is 3.55. The van der Waals surface area contributed by atoms with E-state index >= 15 is 0 Å². The second-order valence-corrected chi connectivity index (χ2v) is 6.63. The van der Waals surface area contributed by atoms with Gasteiger partial charge in [-0.25, -0.2) is 4.79 Å². The molecule has 0 saturated carbocycles. The van der Waals surface area contributed by atoms with Crippen LogP contribution in [0.2, 0.25) is 0 Å². The number of rotatable bonds is 4. The minimum absolute atomic E-state index is 0.0582.